The molecule has 8 nitrogen and oxygen atoms in total. The van der Waals surface area contributed by atoms with Gasteiger partial charge in [0.15, 0.2) is 6.10 Å². The molecule has 0 amide bonds. The molecule has 0 rings (SSSR count). The van der Waals surface area contributed by atoms with Crippen molar-refractivity contribution in [1.29, 1.82) is 0 Å². The molecule has 58 heavy (non-hydrogen) atoms. The normalized spacial score (nSPS) is 12.7. The highest BCUT2D eigenvalue weighted by Gasteiger charge is 2.22. The number of hydrogen-bond donors (Lipinski definition) is 2. The van der Waals surface area contributed by atoms with Gasteiger partial charge in [0.05, 0.1) is 6.61 Å². The van der Waals surface area contributed by atoms with Crippen LogP contribution in [0.3, 0.4) is 0 Å². The van der Waals surface area contributed by atoms with Gasteiger partial charge in [-0.2, -0.15) is 0 Å². The van der Waals surface area contributed by atoms with Crippen LogP contribution in [0.15, 0.2) is 36.5 Å². The van der Waals surface area contributed by atoms with Crippen LogP contribution in [0.1, 0.15) is 245 Å². The summed E-state index contributed by atoms with van der Waals surface area (Å²) < 4.78 is 26.4. The second-order valence-corrected chi connectivity index (χ2v) is 17.7. The number of phosphoric ester groups is 1. The summed E-state index contributed by atoms with van der Waals surface area (Å²) in [6, 6.07) is 0. The molecule has 0 aliphatic heterocycles. The summed E-state index contributed by atoms with van der Waals surface area (Å²) in [6.07, 6.45) is 54.7. The van der Waals surface area contributed by atoms with Crippen LogP contribution in [0.25, 0.3) is 0 Å². The van der Waals surface area contributed by atoms with Crippen molar-refractivity contribution in [3.8, 4) is 0 Å². The van der Waals surface area contributed by atoms with E-state index < -0.39 is 32.5 Å². The molecule has 340 valence electrons. The number of ether oxygens (including phenoxy) is 2. The van der Waals surface area contributed by atoms with Crippen LogP contribution in [-0.2, 0) is 28.2 Å². The van der Waals surface area contributed by atoms with Gasteiger partial charge in [-0.1, -0.05) is 211 Å². The maximum atomic E-state index is 12.4. The Morgan fingerprint density at radius 3 is 1.16 bits per heavy atom. The van der Waals surface area contributed by atoms with Crippen molar-refractivity contribution in [2.75, 3.05) is 13.2 Å². The molecule has 9 heteroatoms. The minimum absolute atomic E-state index is 0.157. The van der Waals surface area contributed by atoms with E-state index in [2.05, 4.69) is 54.8 Å². The van der Waals surface area contributed by atoms with Gasteiger partial charge < -0.3 is 19.3 Å². The average Bonchev–Trinajstić information content (AvgIpc) is 3.20. The number of carbonyl (C=O) groups excluding carboxylic acids is 2. The van der Waals surface area contributed by atoms with Crippen LogP contribution in [0.2, 0.25) is 0 Å². The Bertz CT molecular complexity index is 1040. The van der Waals surface area contributed by atoms with E-state index in [4.69, 9.17) is 19.3 Å². The molecule has 2 N–H and O–H groups in total. The zero-order valence-electron chi connectivity index (χ0n) is 37.7. The minimum atomic E-state index is -4.77. The van der Waals surface area contributed by atoms with E-state index in [1.807, 2.05) is 0 Å². The molecule has 0 heterocycles. The van der Waals surface area contributed by atoms with Crippen molar-refractivity contribution in [2.45, 2.75) is 251 Å². The Kier molecular flexibility index (Phi) is 43.5. The van der Waals surface area contributed by atoms with Gasteiger partial charge in [0.25, 0.3) is 0 Å². The number of esters is 2. The monoisotopic (exact) mass is 839 g/mol. The van der Waals surface area contributed by atoms with Gasteiger partial charge in [0.2, 0.25) is 0 Å². The number of rotatable bonds is 45. The molecule has 0 aliphatic carbocycles. The molecular formula is C49H91O8P. The van der Waals surface area contributed by atoms with Gasteiger partial charge in [-0.05, 0) is 57.8 Å². The fourth-order valence-electron chi connectivity index (χ4n) is 7.01. The standard InChI is InChI=1S/C49H91O8P/c1-3-5-7-9-11-13-15-17-19-21-22-23-24-25-26-28-30-32-34-36-38-40-42-44-49(51)57-47(46-56-58(52,53)54)45-55-48(50)43-41-39-37-35-33-31-29-27-20-18-16-14-12-10-8-6-4-2/h29,31,35-38,47H,3-28,30,32-34,39-46H2,1-2H3,(H2,52,53,54)/b31-29+,37-35+,38-36+/t47-/m1/s1. The fraction of sp³-hybridized carbons (Fsp3) is 0.837. The number of carbonyl (C=O) groups is 2. The molecule has 0 spiro atoms. The third kappa shape index (κ3) is 47.0. The summed E-state index contributed by atoms with van der Waals surface area (Å²) in [5.41, 5.74) is 0. The summed E-state index contributed by atoms with van der Waals surface area (Å²) >= 11 is 0. The molecule has 0 aromatic heterocycles. The predicted molar refractivity (Wildman–Crippen MR) is 244 cm³/mol. The average molecular weight is 839 g/mol. The Hall–Kier alpha value is -1.73. The first-order chi connectivity index (χ1) is 28.3. The SMILES string of the molecule is CCCCCCCCCCC/C=C/C/C=C/CCCC(=O)OC[C@H](COP(=O)(O)O)OC(=O)CCC/C=C/CCCCCCCCCCCCCCCCCCCC. The van der Waals surface area contributed by atoms with Crippen molar-refractivity contribution < 1.29 is 37.9 Å². The zero-order valence-corrected chi connectivity index (χ0v) is 38.6. The molecule has 1 atom stereocenters. The Labute approximate surface area is 357 Å². The highest BCUT2D eigenvalue weighted by atomic mass is 31.2. The number of hydrogen-bond acceptors (Lipinski definition) is 6. The van der Waals surface area contributed by atoms with Crippen LogP contribution >= 0.6 is 7.82 Å². The molecule has 0 aliphatic rings. The lowest BCUT2D eigenvalue weighted by atomic mass is 10.0. The van der Waals surface area contributed by atoms with E-state index in [1.54, 1.807) is 0 Å². The molecule has 0 radical (unpaired) electrons. The third-order valence-electron chi connectivity index (χ3n) is 10.6. The smallest absolute Gasteiger partial charge is 0.462 e. The molecular weight excluding hydrogens is 748 g/mol. The molecule has 0 saturated carbocycles. The molecule has 0 unspecified atom stereocenters. The second-order valence-electron chi connectivity index (χ2n) is 16.4. The van der Waals surface area contributed by atoms with Crippen LogP contribution < -0.4 is 0 Å². The zero-order chi connectivity index (χ0) is 42.5. The first kappa shape index (κ1) is 56.3. The van der Waals surface area contributed by atoms with Gasteiger partial charge in [-0.3, -0.25) is 14.1 Å². The fourth-order valence-corrected chi connectivity index (χ4v) is 7.37. The lowest BCUT2D eigenvalue weighted by Gasteiger charge is -2.18. The number of unbranched alkanes of at least 4 members (excludes halogenated alkanes) is 29. The lowest BCUT2D eigenvalue weighted by Crippen LogP contribution is -2.29. The van der Waals surface area contributed by atoms with Crippen molar-refractivity contribution in [3.63, 3.8) is 0 Å². The maximum Gasteiger partial charge on any atom is 0.469 e. The Morgan fingerprint density at radius 2 is 0.776 bits per heavy atom. The van der Waals surface area contributed by atoms with E-state index in [0.717, 1.165) is 32.1 Å². The van der Waals surface area contributed by atoms with Gasteiger partial charge in [0.1, 0.15) is 6.61 Å². The van der Waals surface area contributed by atoms with E-state index >= 15 is 0 Å². The molecule has 0 fully saturated rings. The van der Waals surface area contributed by atoms with Crippen molar-refractivity contribution >= 4 is 19.8 Å². The number of allylic oxidation sites excluding steroid dienone is 6. The third-order valence-corrected chi connectivity index (χ3v) is 11.1. The van der Waals surface area contributed by atoms with Crippen LogP contribution in [0.5, 0.6) is 0 Å². The topological polar surface area (TPSA) is 119 Å². The number of phosphoric acid groups is 1. The van der Waals surface area contributed by atoms with Gasteiger partial charge in [0, 0.05) is 12.8 Å². The summed E-state index contributed by atoms with van der Waals surface area (Å²) in [7, 11) is -4.77. The lowest BCUT2D eigenvalue weighted by molar-refractivity contribution is -0.161. The Morgan fingerprint density at radius 1 is 0.448 bits per heavy atom. The summed E-state index contributed by atoms with van der Waals surface area (Å²) in [5, 5.41) is 0. The maximum absolute atomic E-state index is 12.4. The van der Waals surface area contributed by atoms with Crippen LogP contribution in [0, 0.1) is 0 Å². The Balaban J connectivity index is 3.89. The summed E-state index contributed by atoms with van der Waals surface area (Å²) in [6.45, 7) is 3.66. The van der Waals surface area contributed by atoms with Gasteiger partial charge in [-0.25, -0.2) is 4.57 Å². The quantitative estimate of drug-likeness (QED) is 0.0269. The van der Waals surface area contributed by atoms with E-state index in [1.165, 1.54) is 173 Å². The van der Waals surface area contributed by atoms with Crippen molar-refractivity contribution in [3.05, 3.63) is 36.5 Å². The molecule has 0 aromatic rings. The highest BCUT2D eigenvalue weighted by Crippen LogP contribution is 2.36. The molecule has 0 bridgehead atoms. The van der Waals surface area contributed by atoms with E-state index in [-0.39, 0.29) is 19.4 Å². The van der Waals surface area contributed by atoms with Gasteiger partial charge >= 0.3 is 19.8 Å². The van der Waals surface area contributed by atoms with E-state index in [9.17, 15) is 14.2 Å². The summed E-state index contributed by atoms with van der Waals surface area (Å²) in [5.74, 6) is -0.967. The highest BCUT2D eigenvalue weighted by molar-refractivity contribution is 7.46. The van der Waals surface area contributed by atoms with Crippen LogP contribution in [-0.4, -0.2) is 41.0 Å². The largest absolute Gasteiger partial charge is 0.469 e. The minimum Gasteiger partial charge on any atom is -0.462 e. The second kappa shape index (κ2) is 44.8. The predicted octanol–water partition coefficient (Wildman–Crippen LogP) is 15.3. The molecule has 0 saturated heterocycles. The van der Waals surface area contributed by atoms with E-state index in [0.29, 0.717) is 12.8 Å². The van der Waals surface area contributed by atoms with Crippen molar-refractivity contribution in [1.82, 2.24) is 0 Å². The van der Waals surface area contributed by atoms with Crippen LogP contribution in [0.4, 0.5) is 0 Å². The first-order valence-corrected chi connectivity index (χ1v) is 25.8. The first-order valence-electron chi connectivity index (χ1n) is 24.3. The van der Waals surface area contributed by atoms with Crippen molar-refractivity contribution in [2.24, 2.45) is 0 Å². The summed E-state index contributed by atoms with van der Waals surface area (Å²) in [4.78, 5) is 42.9. The van der Waals surface area contributed by atoms with Gasteiger partial charge in [-0.15, -0.1) is 0 Å². The molecule has 0 aromatic carbocycles.